The Labute approximate surface area is 123 Å². The second kappa shape index (κ2) is 6.65. The Hall–Kier alpha value is -2.69. The Morgan fingerprint density at radius 1 is 1.10 bits per heavy atom. The van der Waals surface area contributed by atoms with Crippen molar-refractivity contribution >= 4 is 11.6 Å². The highest BCUT2D eigenvalue weighted by Crippen LogP contribution is 2.22. The van der Waals surface area contributed by atoms with Crippen molar-refractivity contribution in [1.82, 2.24) is 5.32 Å². The van der Waals surface area contributed by atoms with Gasteiger partial charge in [-0.2, -0.15) is 0 Å². The van der Waals surface area contributed by atoms with Gasteiger partial charge in [-0.15, -0.1) is 0 Å². The van der Waals surface area contributed by atoms with Crippen LogP contribution in [0.1, 0.15) is 15.9 Å². The first kappa shape index (κ1) is 14.7. The summed E-state index contributed by atoms with van der Waals surface area (Å²) in [4.78, 5) is 12.1. The van der Waals surface area contributed by atoms with Gasteiger partial charge in [0.05, 0.1) is 19.9 Å². The van der Waals surface area contributed by atoms with Gasteiger partial charge in [0, 0.05) is 12.1 Å². The van der Waals surface area contributed by atoms with E-state index in [-0.39, 0.29) is 5.91 Å². The molecule has 0 aliphatic heterocycles. The van der Waals surface area contributed by atoms with Gasteiger partial charge in [-0.25, -0.2) is 0 Å². The predicted molar refractivity (Wildman–Crippen MR) is 81.6 cm³/mol. The minimum Gasteiger partial charge on any atom is -0.497 e. The predicted octanol–water partition coefficient (Wildman–Crippen LogP) is 2.22. The summed E-state index contributed by atoms with van der Waals surface area (Å²) in [5.74, 6) is 1.10. The van der Waals surface area contributed by atoms with Crippen LogP contribution in [-0.2, 0) is 6.54 Å². The Bertz CT molecular complexity index is 624. The molecule has 0 heterocycles. The summed E-state index contributed by atoms with van der Waals surface area (Å²) in [7, 11) is 3.13. The monoisotopic (exact) mass is 286 g/mol. The summed E-state index contributed by atoms with van der Waals surface area (Å²) in [6.07, 6.45) is 0. The molecule has 21 heavy (non-hydrogen) atoms. The molecule has 110 valence electrons. The molecular formula is C16H18N2O3. The number of hydrogen-bond donors (Lipinski definition) is 2. The topological polar surface area (TPSA) is 73.6 Å². The van der Waals surface area contributed by atoms with Crippen LogP contribution in [0.5, 0.6) is 11.5 Å². The highest BCUT2D eigenvalue weighted by molar-refractivity contribution is 5.95. The van der Waals surface area contributed by atoms with Crippen LogP contribution in [-0.4, -0.2) is 20.1 Å². The van der Waals surface area contributed by atoms with Crippen LogP contribution in [0, 0.1) is 0 Å². The molecule has 0 aromatic heterocycles. The van der Waals surface area contributed by atoms with E-state index in [1.54, 1.807) is 25.3 Å². The van der Waals surface area contributed by atoms with Crippen molar-refractivity contribution < 1.29 is 14.3 Å². The number of nitrogens with two attached hydrogens (primary N) is 1. The molecule has 0 aliphatic rings. The minimum absolute atomic E-state index is 0.177. The summed E-state index contributed by atoms with van der Waals surface area (Å²) >= 11 is 0. The van der Waals surface area contributed by atoms with E-state index >= 15 is 0 Å². The molecule has 5 nitrogen and oxygen atoms in total. The van der Waals surface area contributed by atoms with Gasteiger partial charge < -0.3 is 20.5 Å². The molecule has 2 rings (SSSR count). The summed E-state index contributed by atoms with van der Waals surface area (Å²) in [5, 5.41) is 2.85. The van der Waals surface area contributed by atoms with Crippen molar-refractivity contribution in [2.45, 2.75) is 6.54 Å². The Kier molecular flexibility index (Phi) is 4.66. The molecule has 0 fully saturated rings. The maximum Gasteiger partial charge on any atom is 0.251 e. The van der Waals surface area contributed by atoms with Crippen molar-refractivity contribution in [2.24, 2.45) is 0 Å². The molecule has 0 saturated heterocycles. The molecule has 0 bridgehead atoms. The average Bonchev–Trinajstić information content (AvgIpc) is 2.53. The van der Waals surface area contributed by atoms with Gasteiger partial charge in [-0.3, -0.25) is 4.79 Å². The van der Waals surface area contributed by atoms with Gasteiger partial charge in [0.25, 0.3) is 5.91 Å². The molecule has 2 aromatic carbocycles. The molecule has 0 saturated carbocycles. The lowest BCUT2D eigenvalue weighted by Gasteiger charge is -2.09. The van der Waals surface area contributed by atoms with E-state index in [4.69, 9.17) is 15.2 Å². The Balaban J connectivity index is 2.00. The van der Waals surface area contributed by atoms with Crippen LogP contribution >= 0.6 is 0 Å². The quantitative estimate of drug-likeness (QED) is 0.827. The van der Waals surface area contributed by atoms with Crippen LogP contribution in [0.3, 0.4) is 0 Å². The summed E-state index contributed by atoms with van der Waals surface area (Å²) in [5.41, 5.74) is 7.73. The van der Waals surface area contributed by atoms with Gasteiger partial charge in [-0.1, -0.05) is 12.1 Å². The molecule has 3 N–H and O–H groups in total. The van der Waals surface area contributed by atoms with E-state index in [2.05, 4.69) is 5.32 Å². The second-order valence-corrected chi connectivity index (χ2v) is 4.49. The number of ether oxygens (including phenoxy) is 2. The normalized spacial score (nSPS) is 10.0. The highest BCUT2D eigenvalue weighted by atomic mass is 16.5. The van der Waals surface area contributed by atoms with Crippen molar-refractivity contribution in [1.29, 1.82) is 0 Å². The third kappa shape index (κ3) is 3.66. The molecule has 0 atom stereocenters. The number of rotatable bonds is 5. The molecule has 1 amide bonds. The number of nitrogens with one attached hydrogen (secondary N) is 1. The van der Waals surface area contributed by atoms with Crippen molar-refractivity contribution in [3.05, 3.63) is 53.6 Å². The van der Waals surface area contributed by atoms with Gasteiger partial charge >= 0.3 is 0 Å². The van der Waals surface area contributed by atoms with Crippen molar-refractivity contribution in [2.75, 3.05) is 20.0 Å². The summed E-state index contributed by atoms with van der Waals surface area (Å²) in [6.45, 7) is 0.440. The Morgan fingerprint density at radius 3 is 2.43 bits per heavy atom. The SMILES string of the molecule is COc1ccc(CNC(=O)c2ccc(N)c(OC)c2)cc1. The number of carbonyl (C=O) groups excluding carboxylic acids is 1. The molecule has 5 heteroatoms. The number of methoxy groups -OCH3 is 2. The van der Waals surface area contributed by atoms with E-state index in [9.17, 15) is 4.79 Å². The van der Waals surface area contributed by atoms with Crippen LogP contribution in [0.2, 0.25) is 0 Å². The lowest BCUT2D eigenvalue weighted by molar-refractivity contribution is 0.0950. The summed E-state index contributed by atoms with van der Waals surface area (Å²) in [6, 6.07) is 12.5. The fourth-order valence-electron chi connectivity index (χ4n) is 1.88. The van der Waals surface area contributed by atoms with E-state index in [1.807, 2.05) is 24.3 Å². The van der Waals surface area contributed by atoms with Crippen LogP contribution in [0.4, 0.5) is 5.69 Å². The standard InChI is InChI=1S/C16H18N2O3/c1-20-13-6-3-11(4-7-13)10-18-16(19)12-5-8-14(17)15(9-12)21-2/h3-9H,10,17H2,1-2H3,(H,18,19). The average molecular weight is 286 g/mol. The lowest BCUT2D eigenvalue weighted by atomic mass is 10.1. The second-order valence-electron chi connectivity index (χ2n) is 4.49. The highest BCUT2D eigenvalue weighted by Gasteiger charge is 2.08. The molecular weight excluding hydrogens is 268 g/mol. The number of anilines is 1. The number of hydrogen-bond acceptors (Lipinski definition) is 4. The van der Waals surface area contributed by atoms with Gasteiger partial charge in [0.2, 0.25) is 0 Å². The first-order chi connectivity index (χ1) is 10.1. The fraction of sp³-hybridized carbons (Fsp3) is 0.188. The zero-order valence-corrected chi connectivity index (χ0v) is 12.1. The van der Waals surface area contributed by atoms with Crippen molar-refractivity contribution in [3.8, 4) is 11.5 Å². The first-order valence-corrected chi connectivity index (χ1v) is 6.48. The first-order valence-electron chi connectivity index (χ1n) is 6.48. The number of carbonyl (C=O) groups is 1. The molecule has 0 unspecified atom stereocenters. The van der Waals surface area contributed by atoms with Gasteiger partial charge in [-0.05, 0) is 35.9 Å². The van der Waals surface area contributed by atoms with Crippen LogP contribution < -0.4 is 20.5 Å². The van der Waals surface area contributed by atoms with E-state index in [1.165, 1.54) is 7.11 Å². The van der Waals surface area contributed by atoms with E-state index in [0.29, 0.717) is 23.5 Å². The third-order valence-corrected chi connectivity index (χ3v) is 3.11. The van der Waals surface area contributed by atoms with Gasteiger partial charge in [0.1, 0.15) is 11.5 Å². The summed E-state index contributed by atoms with van der Waals surface area (Å²) < 4.78 is 10.2. The maximum absolute atomic E-state index is 12.1. The largest absolute Gasteiger partial charge is 0.497 e. The molecule has 0 spiro atoms. The lowest BCUT2D eigenvalue weighted by Crippen LogP contribution is -2.22. The molecule has 0 radical (unpaired) electrons. The van der Waals surface area contributed by atoms with Gasteiger partial charge in [0.15, 0.2) is 0 Å². The van der Waals surface area contributed by atoms with Crippen molar-refractivity contribution in [3.63, 3.8) is 0 Å². The molecule has 2 aromatic rings. The van der Waals surface area contributed by atoms with Crippen LogP contribution in [0.15, 0.2) is 42.5 Å². The zero-order valence-electron chi connectivity index (χ0n) is 12.1. The van der Waals surface area contributed by atoms with E-state index in [0.717, 1.165) is 11.3 Å². The number of nitrogen functional groups attached to an aromatic ring is 1. The number of benzene rings is 2. The smallest absolute Gasteiger partial charge is 0.251 e. The maximum atomic E-state index is 12.1. The third-order valence-electron chi connectivity index (χ3n) is 3.11. The van der Waals surface area contributed by atoms with Crippen LogP contribution in [0.25, 0.3) is 0 Å². The number of amides is 1. The Morgan fingerprint density at radius 2 is 1.81 bits per heavy atom. The fourth-order valence-corrected chi connectivity index (χ4v) is 1.88. The zero-order chi connectivity index (χ0) is 15.2. The minimum atomic E-state index is -0.177. The van der Waals surface area contributed by atoms with E-state index < -0.39 is 0 Å². The molecule has 0 aliphatic carbocycles.